The predicted octanol–water partition coefficient (Wildman–Crippen LogP) is 2.43. The standard InChI is InChI=1S/C18H18N4O4/c1-11-8-17(23)20-15-9-13(18(19)24)4-7-16(15)21(11)10-12-2-5-14(6-3-12)22(25)26/h2-7,9,11H,8,10H2,1H3,(H2,19,24)(H,20,23). The summed E-state index contributed by atoms with van der Waals surface area (Å²) in [6.45, 7) is 2.40. The summed E-state index contributed by atoms with van der Waals surface area (Å²) >= 11 is 0. The smallest absolute Gasteiger partial charge is 0.269 e. The van der Waals surface area contributed by atoms with Crippen LogP contribution in [0.25, 0.3) is 0 Å². The molecule has 0 saturated heterocycles. The van der Waals surface area contributed by atoms with Crippen LogP contribution in [0.5, 0.6) is 0 Å². The van der Waals surface area contributed by atoms with Gasteiger partial charge in [0.05, 0.1) is 16.3 Å². The van der Waals surface area contributed by atoms with E-state index >= 15 is 0 Å². The molecule has 8 heteroatoms. The van der Waals surface area contributed by atoms with E-state index in [-0.39, 0.29) is 24.1 Å². The van der Waals surface area contributed by atoms with Crippen LogP contribution in [-0.4, -0.2) is 22.8 Å². The van der Waals surface area contributed by atoms with Crippen molar-refractivity contribution in [1.82, 2.24) is 0 Å². The molecule has 0 bridgehead atoms. The summed E-state index contributed by atoms with van der Waals surface area (Å²) in [4.78, 5) is 35.9. The van der Waals surface area contributed by atoms with Crippen molar-refractivity contribution in [2.24, 2.45) is 5.73 Å². The van der Waals surface area contributed by atoms with Crippen LogP contribution in [0.4, 0.5) is 17.1 Å². The predicted molar refractivity (Wildman–Crippen MR) is 96.9 cm³/mol. The van der Waals surface area contributed by atoms with Crippen LogP contribution in [0.1, 0.15) is 29.3 Å². The summed E-state index contributed by atoms with van der Waals surface area (Å²) in [5, 5.41) is 13.6. The molecule has 2 amide bonds. The van der Waals surface area contributed by atoms with Gasteiger partial charge in [-0.2, -0.15) is 0 Å². The first-order valence-corrected chi connectivity index (χ1v) is 8.09. The zero-order chi connectivity index (χ0) is 18.8. The molecule has 0 aliphatic carbocycles. The molecule has 2 aromatic carbocycles. The van der Waals surface area contributed by atoms with Gasteiger partial charge >= 0.3 is 0 Å². The highest BCUT2D eigenvalue weighted by atomic mass is 16.6. The van der Waals surface area contributed by atoms with Crippen LogP contribution in [0, 0.1) is 10.1 Å². The van der Waals surface area contributed by atoms with Gasteiger partial charge < -0.3 is 16.0 Å². The molecule has 1 aliphatic heterocycles. The lowest BCUT2D eigenvalue weighted by molar-refractivity contribution is -0.384. The monoisotopic (exact) mass is 354 g/mol. The molecule has 0 radical (unpaired) electrons. The van der Waals surface area contributed by atoms with Gasteiger partial charge in [0.1, 0.15) is 0 Å². The molecule has 3 N–H and O–H groups in total. The topological polar surface area (TPSA) is 119 Å². The van der Waals surface area contributed by atoms with Crippen LogP contribution in [0.15, 0.2) is 42.5 Å². The maximum atomic E-state index is 12.1. The van der Waals surface area contributed by atoms with E-state index in [2.05, 4.69) is 5.32 Å². The van der Waals surface area contributed by atoms with Gasteiger partial charge in [0.15, 0.2) is 0 Å². The summed E-state index contributed by atoms with van der Waals surface area (Å²) in [6, 6.07) is 11.2. The molecule has 1 heterocycles. The van der Waals surface area contributed by atoms with Crippen molar-refractivity contribution in [1.29, 1.82) is 0 Å². The lowest BCUT2D eigenvalue weighted by Gasteiger charge is -2.30. The molecule has 8 nitrogen and oxygen atoms in total. The minimum atomic E-state index is -0.568. The lowest BCUT2D eigenvalue weighted by Crippen LogP contribution is -2.33. The fourth-order valence-electron chi connectivity index (χ4n) is 3.02. The summed E-state index contributed by atoms with van der Waals surface area (Å²) < 4.78 is 0. The van der Waals surface area contributed by atoms with Crippen molar-refractivity contribution in [3.05, 3.63) is 63.7 Å². The van der Waals surface area contributed by atoms with E-state index in [0.29, 0.717) is 17.8 Å². The number of hydrogen-bond acceptors (Lipinski definition) is 5. The quantitative estimate of drug-likeness (QED) is 0.646. The first kappa shape index (κ1) is 17.4. The Morgan fingerprint density at radius 1 is 1.31 bits per heavy atom. The molecule has 0 saturated carbocycles. The number of nitro groups is 1. The number of nitrogens with zero attached hydrogens (tertiary/aromatic N) is 2. The highest BCUT2D eigenvalue weighted by molar-refractivity contribution is 6.00. The van der Waals surface area contributed by atoms with E-state index in [4.69, 9.17) is 5.73 Å². The Morgan fingerprint density at radius 2 is 2.00 bits per heavy atom. The summed E-state index contributed by atoms with van der Waals surface area (Å²) in [5.74, 6) is -0.715. The summed E-state index contributed by atoms with van der Waals surface area (Å²) in [6.07, 6.45) is 0.285. The molecule has 26 heavy (non-hydrogen) atoms. The van der Waals surface area contributed by atoms with Crippen LogP contribution in [-0.2, 0) is 11.3 Å². The number of benzene rings is 2. The Bertz CT molecular complexity index is 879. The number of carbonyl (C=O) groups excluding carboxylic acids is 2. The number of amides is 2. The number of non-ortho nitro benzene ring substituents is 1. The Hall–Kier alpha value is -3.42. The lowest BCUT2D eigenvalue weighted by atomic mass is 10.1. The number of primary amides is 1. The van der Waals surface area contributed by atoms with Gasteiger partial charge in [0.25, 0.3) is 5.69 Å². The maximum Gasteiger partial charge on any atom is 0.269 e. The third-order valence-corrected chi connectivity index (χ3v) is 4.38. The number of nitro benzene ring substituents is 1. The Balaban J connectivity index is 1.96. The molecule has 0 aromatic heterocycles. The second-order valence-electron chi connectivity index (χ2n) is 6.25. The molecule has 2 aromatic rings. The Labute approximate surface area is 149 Å². The van der Waals surface area contributed by atoms with Crippen molar-refractivity contribution in [3.63, 3.8) is 0 Å². The van der Waals surface area contributed by atoms with Gasteiger partial charge in [-0.15, -0.1) is 0 Å². The van der Waals surface area contributed by atoms with Crippen molar-refractivity contribution in [2.75, 3.05) is 10.2 Å². The second-order valence-corrected chi connectivity index (χ2v) is 6.25. The number of anilines is 2. The van der Waals surface area contributed by atoms with Gasteiger partial charge in [0.2, 0.25) is 11.8 Å². The highest BCUT2D eigenvalue weighted by Gasteiger charge is 2.26. The van der Waals surface area contributed by atoms with Crippen LogP contribution in [0.3, 0.4) is 0 Å². The average Bonchev–Trinajstić information content (AvgIpc) is 2.70. The first-order valence-electron chi connectivity index (χ1n) is 8.09. The minimum absolute atomic E-state index is 0.0287. The van der Waals surface area contributed by atoms with E-state index in [1.165, 1.54) is 12.1 Å². The third-order valence-electron chi connectivity index (χ3n) is 4.38. The molecule has 1 unspecified atom stereocenters. The largest absolute Gasteiger partial charge is 0.366 e. The van der Waals surface area contributed by atoms with E-state index in [1.807, 2.05) is 11.8 Å². The molecular formula is C18H18N4O4. The molecule has 134 valence electrons. The third kappa shape index (κ3) is 3.49. The van der Waals surface area contributed by atoms with Gasteiger partial charge in [-0.1, -0.05) is 12.1 Å². The normalized spacial score (nSPS) is 16.4. The minimum Gasteiger partial charge on any atom is -0.366 e. The number of rotatable bonds is 4. The second kappa shape index (κ2) is 6.83. The van der Waals surface area contributed by atoms with E-state index < -0.39 is 10.8 Å². The molecule has 0 spiro atoms. The number of fused-ring (bicyclic) bond motifs is 1. The molecule has 0 fully saturated rings. The van der Waals surface area contributed by atoms with Gasteiger partial charge in [-0.05, 0) is 30.7 Å². The number of hydrogen-bond donors (Lipinski definition) is 2. The first-order chi connectivity index (χ1) is 12.3. The van der Waals surface area contributed by atoms with Gasteiger partial charge in [0, 0.05) is 36.7 Å². The van der Waals surface area contributed by atoms with Gasteiger partial charge in [-0.25, -0.2) is 0 Å². The summed E-state index contributed by atoms with van der Waals surface area (Å²) in [7, 11) is 0. The highest BCUT2D eigenvalue weighted by Crippen LogP contribution is 2.33. The molecular weight excluding hydrogens is 336 g/mol. The van der Waals surface area contributed by atoms with Crippen molar-refractivity contribution in [3.8, 4) is 0 Å². The van der Waals surface area contributed by atoms with E-state index in [9.17, 15) is 19.7 Å². The Morgan fingerprint density at radius 3 is 2.62 bits per heavy atom. The number of nitrogens with two attached hydrogens (primary N) is 1. The number of nitrogens with one attached hydrogen (secondary N) is 1. The Kier molecular flexibility index (Phi) is 4.57. The van der Waals surface area contributed by atoms with Crippen molar-refractivity contribution in [2.45, 2.75) is 25.9 Å². The zero-order valence-corrected chi connectivity index (χ0v) is 14.1. The summed E-state index contributed by atoms with van der Waals surface area (Å²) in [5.41, 5.74) is 7.84. The molecule has 3 rings (SSSR count). The van der Waals surface area contributed by atoms with Gasteiger partial charge in [-0.3, -0.25) is 19.7 Å². The van der Waals surface area contributed by atoms with Crippen LogP contribution in [0.2, 0.25) is 0 Å². The fourth-order valence-corrected chi connectivity index (χ4v) is 3.02. The number of carbonyl (C=O) groups is 2. The van der Waals surface area contributed by atoms with Crippen LogP contribution >= 0.6 is 0 Å². The maximum absolute atomic E-state index is 12.1. The van der Waals surface area contributed by atoms with Crippen LogP contribution < -0.4 is 16.0 Å². The van der Waals surface area contributed by atoms with E-state index in [1.54, 1.807) is 30.3 Å². The fraction of sp³-hybridized carbons (Fsp3) is 0.222. The molecule has 1 atom stereocenters. The average molecular weight is 354 g/mol. The van der Waals surface area contributed by atoms with Crippen molar-refractivity contribution >= 4 is 28.9 Å². The van der Waals surface area contributed by atoms with Crippen molar-refractivity contribution < 1.29 is 14.5 Å². The van der Waals surface area contributed by atoms with E-state index in [0.717, 1.165) is 11.3 Å². The zero-order valence-electron chi connectivity index (χ0n) is 14.1. The molecule has 1 aliphatic rings. The SMILES string of the molecule is CC1CC(=O)Nc2cc(C(N)=O)ccc2N1Cc1ccc([N+](=O)[O-])cc1.